The van der Waals surface area contributed by atoms with Gasteiger partial charge in [0.2, 0.25) is 0 Å². The van der Waals surface area contributed by atoms with Gasteiger partial charge in [0.15, 0.2) is 21.9 Å². The topological polar surface area (TPSA) is 113 Å². The van der Waals surface area contributed by atoms with Gasteiger partial charge in [0.1, 0.15) is 17.3 Å². The molecule has 238 valence electrons. The lowest BCUT2D eigenvalue weighted by Gasteiger charge is -2.42. The molecule has 4 unspecified atom stereocenters. The van der Waals surface area contributed by atoms with E-state index in [9.17, 15) is 8.60 Å². The smallest absolute Gasteiger partial charge is 0.319 e. The quantitative estimate of drug-likeness (QED) is 0.401. The van der Waals surface area contributed by atoms with Gasteiger partial charge >= 0.3 is 6.01 Å². The van der Waals surface area contributed by atoms with Crippen LogP contribution in [0.15, 0.2) is 17.0 Å². The molecular formula is C32H39FN8O2S2. The van der Waals surface area contributed by atoms with Crippen LogP contribution in [0.25, 0.3) is 22.0 Å². The first-order valence-electron chi connectivity index (χ1n) is 16.4. The van der Waals surface area contributed by atoms with E-state index in [4.69, 9.17) is 20.4 Å². The third-order valence-corrected chi connectivity index (χ3v) is 13.4. The van der Waals surface area contributed by atoms with Crippen molar-refractivity contribution in [1.82, 2.24) is 29.5 Å². The monoisotopic (exact) mass is 650 g/mol. The summed E-state index contributed by atoms with van der Waals surface area (Å²) in [6.45, 7) is 6.71. The molecule has 0 radical (unpaired) electrons. The number of thiazole rings is 1. The summed E-state index contributed by atoms with van der Waals surface area (Å²) in [4.78, 5) is 20.1. The number of nitrogen functional groups attached to an aromatic ring is 1. The maximum atomic E-state index is 14.9. The first kappa shape index (κ1) is 28.4. The fourth-order valence-electron chi connectivity index (χ4n) is 8.70. The van der Waals surface area contributed by atoms with Crippen LogP contribution in [0.3, 0.4) is 0 Å². The van der Waals surface area contributed by atoms with Gasteiger partial charge in [-0.25, -0.2) is 13.6 Å². The molecule has 0 spiro atoms. The van der Waals surface area contributed by atoms with Crippen molar-refractivity contribution >= 4 is 55.3 Å². The molecule has 2 aromatic heterocycles. The minimum Gasteiger partial charge on any atom is -0.461 e. The van der Waals surface area contributed by atoms with Crippen LogP contribution in [0.1, 0.15) is 69.5 Å². The molecule has 1 aromatic carbocycles. The van der Waals surface area contributed by atoms with Crippen LogP contribution in [-0.4, -0.2) is 84.8 Å². The molecule has 1 saturated carbocycles. The predicted octanol–water partition coefficient (Wildman–Crippen LogP) is 4.39. The van der Waals surface area contributed by atoms with Crippen LogP contribution in [0, 0.1) is 11.7 Å². The Morgan fingerprint density at radius 2 is 1.96 bits per heavy atom. The summed E-state index contributed by atoms with van der Waals surface area (Å²) >= 11 is 1.14. The van der Waals surface area contributed by atoms with Crippen molar-refractivity contribution in [3.63, 3.8) is 0 Å². The van der Waals surface area contributed by atoms with Gasteiger partial charge in [-0.2, -0.15) is 9.97 Å². The summed E-state index contributed by atoms with van der Waals surface area (Å²) in [6, 6.07) is 4.40. The lowest BCUT2D eigenvalue weighted by Crippen LogP contribution is -2.52. The molecule has 0 amide bonds. The van der Waals surface area contributed by atoms with Gasteiger partial charge in [-0.1, -0.05) is 18.3 Å². The molecule has 5 atom stereocenters. The number of halogens is 1. The number of benzene rings is 1. The van der Waals surface area contributed by atoms with Crippen molar-refractivity contribution in [3.05, 3.63) is 29.2 Å². The molecule has 1 aliphatic carbocycles. The Bertz CT molecular complexity index is 1730. The first-order chi connectivity index (χ1) is 21.8. The second-order valence-corrected chi connectivity index (χ2v) is 16.3. The first-order valence-corrected chi connectivity index (χ1v) is 18.4. The Balaban J connectivity index is 1.18. The van der Waals surface area contributed by atoms with Gasteiger partial charge in [0.25, 0.3) is 0 Å². The van der Waals surface area contributed by atoms with Gasteiger partial charge < -0.3 is 20.7 Å². The summed E-state index contributed by atoms with van der Waals surface area (Å²) in [5.74, 6) is 1.00. The number of piperazine rings is 1. The normalized spacial score (nSPS) is 31.3. The zero-order chi connectivity index (χ0) is 30.4. The molecule has 3 aromatic rings. The zero-order valence-corrected chi connectivity index (χ0v) is 27.1. The van der Waals surface area contributed by atoms with Gasteiger partial charge in [-0.3, -0.25) is 9.21 Å². The minimum atomic E-state index is -1.58. The zero-order valence-electron chi connectivity index (χ0n) is 25.5. The van der Waals surface area contributed by atoms with E-state index >= 15 is 0 Å². The fraction of sp³-hybridized carbons (Fsp3) is 0.594. The number of nitrogens with one attached hydrogen (secondary N) is 1. The SMILES string of the molecule is CC1CN2CCC[C@@]2(COc2nc3c(c(N4CC5CCC(C4)N5)n2)S(=O)N(C2CCC2)C(c2ccc(F)c4sc(N)nc24)=C3)C1. The van der Waals surface area contributed by atoms with Crippen molar-refractivity contribution in [2.24, 2.45) is 5.92 Å². The maximum absolute atomic E-state index is 14.9. The molecule has 10 nitrogen and oxygen atoms in total. The van der Waals surface area contributed by atoms with E-state index in [-0.39, 0.29) is 17.4 Å². The predicted molar refractivity (Wildman–Crippen MR) is 175 cm³/mol. The van der Waals surface area contributed by atoms with Gasteiger partial charge in [0.05, 0.1) is 27.1 Å². The number of hydrogen-bond acceptors (Lipinski definition) is 10. The van der Waals surface area contributed by atoms with E-state index in [1.807, 2.05) is 10.4 Å². The molecule has 9 rings (SSSR count). The van der Waals surface area contributed by atoms with Gasteiger partial charge in [0, 0.05) is 43.3 Å². The third-order valence-electron chi connectivity index (χ3n) is 10.9. The van der Waals surface area contributed by atoms with E-state index in [1.54, 1.807) is 6.07 Å². The molecule has 5 aliphatic heterocycles. The Morgan fingerprint density at radius 1 is 1.13 bits per heavy atom. The molecular weight excluding hydrogens is 612 g/mol. The largest absolute Gasteiger partial charge is 0.461 e. The number of anilines is 2. The van der Waals surface area contributed by atoms with Crippen LogP contribution in [0.4, 0.5) is 15.3 Å². The summed E-state index contributed by atoms with van der Waals surface area (Å²) < 4.78 is 38.7. The highest BCUT2D eigenvalue weighted by Crippen LogP contribution is 2.46. The van der Waals surface area contributed by atoms with Crippen molar-refractivity contribution < 1.29 is 13.3 Å². The summed E-state index contributed by atoms with van der Waals surface area (Å²) in [5.41, 5.74) is 8.65. The third kappa shape index (κ3) is 4.59. The lowest BCUT2D eigenvalue weighted by molar-refractivity contribution is 0.107. The molecule has 2 bridgehead atoms. The second kappa shape index (κ2) is 10.6. The standard InChI is InChI=1S/C32H39FN8O2S2/c1-18-13-32(10-3-11-40(32)14-18)17-43-31-36-24-12-25(22-8-9-23(33)27-26(22)37-30(34)44-27)41(21-4-2-5-21)45(42)28(24)29(38-31)39-15-19-6-7-20(16-39)35-19/h8-9,12,18-21,35H,2-7,10-11,13-17H2,1H3,(H2,34,37)/t18?,19?,20?,32-,45?/m0/s1. The van der Waals surface area contributed by atoms with Crippen LogP contribution in [-0.2, 0) is 11.0 Å². The Morgan fingerprint density at radius 3 is 2.73 bits per heavy atom. The molecule has 3 N–H and O–H groups in total. The van der Waals surface area contributed by atoms with Crippen molar-refractivity contribution in [2.75, 3.05) is 43.4 Å². The second-order valence-electron chi connectivity index (χ2n) is 14.0. The molecule has 6 aliphatic rings. The molecule has 45 heavy (non-hydrogen) atoms. The number of fused-ring (bicyclic) bond motifs is 5. The molecule has 7 heterocycles. The average Bonchev–Trinajstić information content (AvgIpc) is 3.74. The number of rotatable bonds is 6. The van der Waals surface area contributed by atoms with E-state index < -0.39 is 11.0 Å². The van der Waals surface area contributed by atoms with Crippen LogP contribution >= 0.6 is 11.3 Å². The summed E-state index contributed by atoms with van der Waals surface area (Å²) in [6.07, 6.45) is 10.7. The molecule has 13 heteroatoms. The van der Waals surface area contributed by atoms with E-state index in [2.05, 4.69) is 27.0 Å². The van der Waals surface area contributed by atoms with Crippen LogP contribution in [0.2, 0.25) is 0 Å². The van der Waals surface area contributed by atoms with E-state index in [1.165, 1.54) is 12.5 Å². The maximum Gasteiger partial charge on any atom is 0.319 e. The Kier molecular flexibility index (Phi) is 6.67. The highest BCUT2D eigenvalue weighted by Gasteiger charge is 2.48. The fourth-order valence-corrected chi connectivity index (χ4v) is 11.1. The van der Waals surface area contributed by atoms with Crippen LogP contribution in [0.5, 0.6) is 6.01 Å². The van der Waals surface area contributed by atoms with Crippen LogP contribution < -0.4 is 20.7 Å². The minimum absolute atomic E-state index is 0.0299. The number of ether oxygens (including phenoxy) is 1. The van der Waals surface area contributed by atoms with Crippen molar-refractivity contribution in [1.29, 1.82) is 0 Å². The Hall–Kier alpha value is -2.87. The number of nitrogens with zero attached hydrogens (tertiary/aromatic N) is 6. The van der Waals surface area contributed by atoms with E-state index in [0.717, 1.165) is 88.2 Å². The molecule has 4 saturated heterocycles. The van der Waals surface area contributed by atoms with Gasteiger partial charge in [-0.15, -0.1) is 0 Å². The van der Waals surface area contributed by atoms with Gasteiger partial charge in [-0.05, 0) is 82.0 Å². The number of aromatic nitrogens is 3. The number of hydrogen-bond donors (Lipinski definition) is 2. The molecule has 5 fully saturated rings. The highest BCUT2D eigenvalue weighted by molar-refractivity contribution is 7.83. The lowest BCUT2D eigenvalue weighted by atomic mass is 9.92. The Labute approximate surface area is 268 Å². The van der Waals surface area contributed by atoms with Crippen molar-refractivity contribution in [2.45, 2.75) is 86.9 Å². The number of nitrogens with two attached hydrogens (primary N) is 1. The average molecular weight is 651 g/mol. The van der Waals surface area contributed by atoms with Crippen molar-refractivity contribution in [3.8, 4) is 6.01 Å². The summed E-state index contributed by atoms with van der Waals surface area (Å²) in [7, 11) is -1.58. The van der Waals surface area contributed by atoms with E-state index in [0.29, 0.717) is 67.9 Å². The summed E-state index contributed by atoms with van der Waals surface area (Å²) in [5, 5.41) is 4.02. The highest BCUT2D eigenvalue weighted by atomic mass is 32.2.